The number of rotatable bonds is 6. The highest BCUT2D eigenvalue weighted by atomic mass is 32.1. The van der Waals surface area contributed by atoms with Crippen LogP contribution in [0.1, 0.15) is 0 Å². The maximum atomic E-state index is 2.33. The topological polar surface area (TPSA) is 3.24 Å². The fraction of sp³-hybridized carbons (Fsp3) is 0. The maximum Gasteiger partial charge on any atom is 0.0462 e. The second kappa shape index (κ2) is 10.7. The second-order valence-electron chi connectivity index (χ2n) is 9.86. The van der Waals surface area contributed by atoms with E-state index in [4.69, 9.17) is 0 Å². The fourth-order valence-electron chi connectivity index (χ4n) is 5.21. The Bertz CT molecular complexity index is 1740. The Morgan fingerprint density at radius 2 is 0.750 bits per heavy atom. The van der Waals surface area contributed by atoms with Crippen LogP contribution >= 0.6 is 11.3 Å². The second-order valence-corrected chi connectivity index (χ2v) is 10.9. The van der Waals surface area contributed by atoms with Crippen LogP contribution in [0.5, 0.6) is 0 Å². The number of hydrogen-bond acceptors (Lipinski definition) is 2. The number of hydrogen-bond donors (Lipinski definition) is 0. The van der Waals surface area contributed by atoms with E-state index >= 15 is 0 Å². The lowest BCUT2D eigenvalue weighted by Crippen LogP contribution is -2.09. The third kappa shape index (κ3) is 4.82. The molecule has 0 saturated carbocycles. The largest absolute Gasteiger partial charge is 0.311 e. The molecule has 0 saturated heterocycles. The lowest BCUT2D eigenvalue weighted by Gasteiger charge is -2.26. The van der Waals surface area contributed by atoms with Crippen LogP contribution < -0.4 is 4.90 Å². The summed E-state index contributed by atoms with van der Waals surface area (Å²) in [6.45, 7) is 0. The Morgan fingerprint density at radius 1 is 0.350 bits per heavy atom. The summed E-state index contributed by atoms with van der Waals surface area (Å²) in [5.74, 6) is 0. The van der Waals surface area contributed by atoms with E-state index < -0.39 is 0 Å². The van der Waals surface area contributed by atoms with E-state index in [1.54, 1.807) is 0 Å². The Labute approximate surface area is 239 Å². The predicted molar refractivity (Wildman–Crippen MR) is 173 cm³/mol. The molecule has 7 rings (SSSR count). The Balaban J connectivity index is 1.26. The van der Waals surface area contributed by atoms with Gasteiger partial charge in [0.05, 0.1) is 0 Å². The van der Waals surface area contributed by atoms with Gasteiger partial charge in [-0.05, 0) is 81.7 Å². The Morgan fingerprint density at radius 3 is 1.23 bits per heavy atom. The Kier molecular flexibility index (Phi) is 6.45. The minimum absolute atomic E-state index is 1.13. The van der Waals surface area contributed by atoms with Gasteiger partial charge in [0.2, 0.25) is 0 Å². The van der Waals surface area contributed by atoms with Gasteiger partial charge in [0.1, 0.15) is 0 Å². The molecule has 0 fully saturated rings. The molecule has 0 amide bonds. The first-order chi connectivity index (χ1) is 19.8. The smallest absolute Gasteiger partial charge is 0.0462 e. The van der Waals surface area contributed by atoms with E-state index in [0.717, 1.165) is 17.1 Å². The number of fused-ring (bicyclic) bond motifs is 1. The minimum atomic E-state index is 1.13. The highest BCUT2D eigenvalue weighted by Crippen LogP contribution is 2.39. The van der Waals surface area contributed by atoms with Crippen molar-refractivity contribution < 1.29 is 0 Å². The molecule has 40 heavy (non-hydrogen) atoms. The quantitative estimate of drug-likeness (QED) is 0.207. The van der Waals surface area contributed by atoms with Crippen LogP contribution in [0.25, 0.3) is 42.8 Å². The molecule has 7 aromatic rings. The van der Waals surface area contributed by atoms with Gasteiger partial charge in [-0.2, -0.15) is 0 Å². The van der Waals surface area contributed by atoms with Gasteiger partial charge in [-0.3, -0.25) is 0 Å². The lowest BCUT2D eigenvalue weighted by atomic mass is 10.0. The molecule has 0 aliphatic carbocycles. The van der Waals surface area contributed by atoms with Gasteiger partial charge in [-0.15, -0.1) is 11.3 Å². The summed E-state index contributed by atoms with van der Waals surface area (Å²) < 4.78 is 1.32. The van der Waals surface area contributed by atoms with E-state index in [2.05, 4.69) is 169 Å². The number of anilines is 3. The van der Waals surface area contributed by atoms with E-state index in [9.17, 15) is 0 Å². The molecule has 0 unspecified atom stereocenters. The summed E-state index contributed by atoms with van der Waals surface area (Å²) in [6, 6.07) is 58.6. The third-order valence-electron chi connectivity index (χ3n) is 7.30. The first-order valence-corrected chi connectivity index (χ1v) is 14.3. The number of benzene rings is 6. The zero-order valence-electron chi connectivity index (χ0n) is 21.9. The zero-order chi connectivity index (χ0) is 26.7. The van der Waals surface area contributed by atoms with Gasteiger partial charge in [0.15, 0.2) is 0 Å². The standard InChI is InChI=1S/C38H27NS/c1-3-9-28(10-4-1)30-15-21-34(22-16-30)39(35-23-17-31(18-24-35)29-11-5-2-6-12-29)36-25-19-32(20-26-36)38-27-33-13-7-8-14-37(33)40-38/h1-27H. The average molecular weight is 530 g/mol. The highest BCUT2D eigenvalue weighted by molar-refractivity contribution is 7.22. The van der Waals surface area contributed by atoms with Crippen molar-refractivity contribution in [2.45, 2.75) is 0 Å². The van der Waals surface area contributed by atoms with Crippen molar-refractivity contribution in [3.05, 3.63) is 164 Å². The predicted octanol–water partition coefficient (Wildman–Crippen LogP) is 11.4. The van der Waals surface area contributed by atoms with Crippen LogP contribution in [0.3, 0.4) is 0 Å². The summed E-state index contributed by atoms with van der Waals surface area (Å²) >= 11 is 1.84. The van der Waals surface area contributed by atoms with Crippen molar-refractivity contribution in [1.82, 2.24) is 0 Å². The summed E-state index contributed by atoms with van der Waals surface area (Å²) in [7, 11) is 0. The van der Waals surface area contributed by atoms with Crippen molar-refractivity contribution in [3.63, 3.8) is 0 Å². The van der Waals surface area contributed by atoms with Crippen LogP contribution in [0, 0.1) is 0 Å². The molecule has 0 aliphatic heterocycles. The van der Waals surface area contributed by atoms with Gasteiger partial charge in [-0.25, -0.2) is 0 Å². The van der Waals surface area contributed by atoms with Crippen molar-refractivity contribution in [1.29, 1.82) is 0 Å². The van der Waals surface area contributed by atoms with Crippen LogP contribution in [0.4, 0.5) is 17.1 Å². The number of nitrogens with zero attached hydrogens (tertiary/aromatic N) is 1. The van der Waals surface area contributed by atoms with Gasteiger partial charge in [-0.1, -0.05) is 115 Å². The molecule has 0 spiro atoms. The molecule has 190 valence electrons. The van der Waals surface area contributed by atoms with E-state index in [-0.39, 0.29) is 0 Å². The van der Waals surface area contributed by atoms with Gasteiger partial charge in [0, 0.05) is 26.6 Å². The monoisotopic (exact) mass is 529 g/mol. The van der Waals surface area contributed by atoms with Gasteiger partial charge >= 0.3 is 0 Å². The molecule has 1 aromatic heterocycles. The molecule has 0 aliphatic rings. The highest BCUT2D eigenvalue weighted by Gasteiger charge is 2.14. The summed E-state index contributed by atoms with van der Waals surface area (Å²) in [5.41, 5.74) is 9.49. The average Bonchev–Trinajstić information content (AvgIpc) is 3.48. The van der Waals surface area contributed by atoms with Crippen LogP contribution in [-0.4, -0.2) is 0 Å². The van der Waals surface area contributed by atoms with E-state index in [1.807, 2.05) is 11.3 Å². The first kappa shape index (κ1) is 24.1. The molecule has 0 bridgehead atoms. The number of thiophene rings is 1. The molecule has 1 nitrogen and oxygen atoms in total. The fourth-order valence-corrected chi connectivity index (χ4v) is 6.28. The molecular formula is C38H27NS. The molecule has 0 radical (unpaired) electrons. The minimum Gasteiger partial charge on any atom is -0.311 e. The molecule has 0 N–H and O–H groups in total. The SMILES string of the molecule is c1ccc(-c2ccc(N(c3ccc(-c4ccccc4)cc3)c3ccc(-c4cc5ccccc5s4)cc3)cc2)cc1. The first-order valence-electron chi connectivity index (χ1n) is 13.5. The van der Waals surface area contributed by atoms with Crippen LogP contribution in [-0.2, 0) is 0 Å². The van der Waals surface area contributed by atoms with E-state index in [1.165, 1.54) is 42.8 Å². The molecule has 2 heteroatoms. The van der Waals surface area contributed by atoms with Gasteiger partial charge < -0.3 is 4.90 Å². The van der Waals surface area contributed by atoms with Crippen molar-refractivity contribution in [3.8, 4) is 32.7 Å². The van der Waals surface area contributed by atoms with Crippen molar-refractivity contribution in [2.75, 3.05) is 4.90 Å². The molecule has 1 heterocycles. The van der Waals surface area contributed by atoms with E-state index in [0.29, 0.717) is 0 Å². The third-order valence-corrected chi connectivity index (χ3v) is 8.47. The maximum absolute atomic E-state index is 2.33. The normalized spacial score (nSPS) is 11.0. The zero-order valence-corrected chi connectivity index (χ0v) is 22.8. The molecule has 6 aromatic carbocycles. The Hall–Kier alpha value is -4.92. The lowest BCUT2D eigenvalue weighted by molar-refractivity contribution is 1.28. The van der Waals surface area contributed by atoms with Crippen molar-refractivity contribution >= 4 is 38.5 Å². The molecule has 0 atom stereocenters. The van der Waals surface area contributed by atoms with Crippen LogP contribution in [0.15, 0.2) is 164 Å². The summed E-state index contributed by atoms with van der Waals surface area (Å²) in [6.07, 6.45) is 0. The molecular weight excluding hydrogens is 502 g/mol. The van der Waals surface area contributed by atoms with Crippen LogP contribution in [0.2, 0.25) is 0 Å². The summed E-state index contributed by atoms with van der Waals surface area (Å²) in [5, 5.41) is 1.30. The summed E-state index contributed by atoms with van der Waals surface area (Å²) in [4.78, 5) is 3.62. The van der Waals surface area contributed by atoms with Crippen molar-refractivity contribution in [2.24, 2.45) is 0 Å². The van der Waals surface area contributed by atoms with Gasteiger partial charge in [0.25, 0.3) is 0 Å².